The topological polar surface area (TPSA) is 102 Å². The number of esters is 1. The van der Waals surface area contributed by atoms with Crippen molar-refractivity contribution in [3.05, 3.63) is 86.9 Å². The fourth-order valence-corrected chi connectivity index (χ4v) is 5.46. The number of aryl methyl sites for hydroxylation is 1. The van der Waals surface area contributed by atoms with E-state index in [1.807, 2.05) is 45.3 Å². The van der Waals surface area contributed by atoms with Crippen LogP contribution in [-0.2, 0) is 11.8 Å². The zero-order chi connectivity index (χ0) is 27.7. The molecule has 1 aromatic carbocycles. The highest BCUT2D eigenvalue weighted by atomic mass is 35.5. The lowest BCUT2D eigenvalue weighted by molar-refractivity contribution is 0.0595. The molecule has 0 aliphatic carbocycles. The SMILES string of the molecule is COC(=O)c1nc(Cl)ccc1N[C@H](C)c1cc(C)cc2c(=O)n(C)c(C3CCN(c4cccnc4)CC3)nc12. The van der Waals surface area contributed by atoms with Gasteiger partial charge in [-0.1, -0.05) is 17.7 Å². The molecule has 202 valence electrons. The molecule has 1 saturated heterocycles. The molecule has 10 heteroatoms. The number of piperidine rings is 1. The van der Waals surface area contributed by atoms with Gasteiger partial charge in [0.1, 0.15) is 11.0 Å². The number of rotatable bonds is 6. The standard InChI is InChI=1S/C29H31ClN6O3/c1-17-14-21(18(2)32-23-7-8-24(30)33-26(23)29(38)39-4)25-22(15-17)28(37)35(3)27(34-25)19-9-12-36(13-10-19)20-6-5-11-31-16-20/h5-8,11,14-16,18-19,32H,9-10,12-13H2,1-4H3/t18-/m1/s1. The highest BCUT2D eigenvalue weighted by Gasteiger charge is 2.26. The van der Waals surface area contributed by atoms with E-state index in [0.717, 1.165) is 48.6 Å². The van der Waals surface area contributed by atoms with E-state index in [-0.39, 0.29) is 28.4 Å². The van der Waals surface area contributed by atoms with Crippen LogP contribution in [0.1, 0.15) is 59.2 Å². The zero-order valence-electron chi connectivity index (χ0n) is 22.4. The molecule has 4 aromatic rings. The molecule has 1 atom stereocenters. The highest BCUT2D eigenvalue weighted by Crippen LogP contribution is 2.32. The van der Waals surface area contributed by atoms with Gasteiger partial charge in [0.25, 0.3) is 5.56 Å². The summed E-state index contributed by atoms with van der Waals surface area (Å²) in [5.41, 5.74) is 4.10. The smallest absolute Gasteiger partial charge is 0.358 e. The molecule has 0 spiro atoms. The average Bonchev–Trinajstić information content (AvgIpc) is 2.96. The lowest BCUT2D eigenvalue weighted by atomic mass is 9.94. The Morgan fingerprint density at radius 1 is 1.18 bits per heavy atom. The molecule has 3 aromatic heterocycles. The Morgan fingerprint density at radius 2 is 1.95 bits per heavy atom. The van der Waals surface area contributed by atoms with Crippen LogP contribution in [0, 0.1) is 6.92 Å². The first kappa shape index (κ1) is 26.6. The van der Waals surface area contributed by atoms with Gasteiger partial charge < -0.3 is 15.0 Å². The Morgan fingerprint density at radius 3 is 2.64 bits per heavy atom. The van der Waals surface area contributed by atoms with Gasteiger partial charge in [0.15, 0.2) is 5.69 Å². The van der Waals surface area contributed by atoms with Crippen LogP contribution in [0.4, 0.5) is 11.4 Å². The zero-order valence-corrected chi connectivity index (χ0v) is 23.2. The van der Waals surface area contributed by atoms with E-state index in [9.17, 15) is 9.59 Å². The number of carbonyl (C=O) groups is 1. The Balaban J connectivity index is 1.50. The summed E-state index contributed by atoms with van der Waals surface area (Å²) in [5.74, 6) is 0.357. The Bertz CT molecular complexity index is 1580. The Kier molecular flexibility index (Phi) is 7.52. The minimum atomic E-state index is -0.590. The number of methoxy groups -OCH3 is 1. The highest BCUT2D eigenvalue weighted by molar-refractivity contribution is 6.29. The summed E-state index contributed by atoms with van der Waals surface area (Å²) >= 11 is 6.04. The molecule has 1 aliphatic rings. The third-order valence-corrected chi connectivity index (χ3v) is 7.55. The second-order valence-electron chi connectivity index (χ2n) is 9.94. The number of benzene rings is 1. The number of nitrogens with one attached hydrogen (secondary N) is 1. The quantitative estimate of drug-likeness (QED) is 0.265. The van der Waals surface area contributed by atoms with E-state index in [1.54, 1.807) is 22.9 Å². The number of hydrogen-bond donors (Lipinski definition) is 1. The number of aromatic nitrogens is 4. The molecule has 0 radical (unpaired) electrons. The van der Waals surface area contributed by atoms with Crippen molar-refractivity contribution >= 4 is 39.8 Å². The van der Waals surface area contributed by atoms with E-state index in [0.29, 0.717) is 16.6 Å². The van der Waals surface area contributed by atoms with Gasteiger partial charge in [-0.3, -0.25) is 14.3 Å². The summed E-state index contributed by atoms with van der Waals surface area (Å²) in [6.07, 6.45) is 5.43. The fourth-order valence-electron chi connectivity index (χ4n) is 5.32. The van der Waals surface area contributed by atoms with E-state index < -0.39 is 5.97 Å². The summed E-state index contributed by atoms with van der Waals surface area (Å²) in [4.78, 5) is 41.7. The van der Waals surface area contributed by atoms with Crippen LogP contribution in [0.5, 0.6) is 0 Å². The van der Waals surface area contributed by atoms with Crippen molar-refractivity contribution in [2.45, 2.75) is 38.6 Å². The minimum Gasteiger partial charge on any atom is -0.464 e. The maximum atomic E-state index is 13.6. The van der Waals surface area contributed by atoms with Gasteiger partial charge in [0.05, 0.1) is 41.6 Å². The molecule has 0 amide bonds. The molecule has 39 heavy (non-hydrogen) atoms. The summed E-state index contributed by atoms with van der Waals surface area (Å²) in [5, 5.41) is 4.13. The monoisotopic (exact) mass is 546 g/mol. The third-order valence-electron chi connectivity index (χ3n) is 7.34. The molecule has 0 bridgehead atoms. The van der Waals surface area contributed by atoms with E-state index in [1.165, 1.54) is 7.11 Å². The molecular weight excluding hydrogens is 516 g/mol. The normalized spacial score (nSPS) is 14.8. The number of carbonyl (C=O) groups excluding carboxylic acids is 1. The van der Waals surface area contributed by atoms with Crippen molar-refractivity contribution in [2.24, 2.45) is 7.05 Å². The van der Waals surface area contributed by atoms with Crippen molar-refractivity contribution in [1.29, 1.82) is 0 Å². The third kappa shape index (κ3) is 5.31. The van der Waals surface area contributed by atoms with E-state index in [4.69, 9.17) is 21.3 Å². The van der Waals surface area contributed by atoms with Crippen molar-refractivity contribution in [1.82, 2.24) is 19.5 Å². The maximum absolute atomic E-state index is 13.6. The van der Waals surface area contributed by atoms with Crippen LogP contribution < -0.4 is 15.8 Å². The lowest BCUT2D eigenvalue weighted by Gasteiger charge is -2.33. The Labute approximate surface area is 231 Å². The molecule has 0 saturated carbocycles. The number of nitrogens with zero attached hydrogens (tertiary/aromatic N) is 5. The van der Waals surface area contributed by atoms with Gasteiger partial charge in [-0.25, -0.2) is 14.8 Å². The van der Waals surface area contributed by atoms with Gasteiger partial charge in [0.2, 0.25) is 0 Å². The number of ether oxygens (including phenoxy) is 1. The molecule has 1 aliphatic heterocycles. The maximum Gasteiger partial charge on any atom is 0.358 e. The molecule has 4 heterocycles. The first-order chi connectivity index (χ1) is 18.8. The number of pyridine rings is 2. The number of anilines is 2. The van der Waals surface area contributed by atoms with Crippen LogP contribution in [0.3, 0.4) is 0 Å². The predicted molar refractivity (Wildman–Crippen MR) is 153 cm³/mol. The average molecular weight is 547 g/mol. The van der Waals surface area contributed by atoms with Crippen LogP contribution in [0.25, 0.3) is 10.9 Å². The van der Waals surface area contributed by atoms with Crippen molar-refractivity contribution in [2.75, 3.05) is 30.4 Å². The van der Waals surface area contributed by atoms with Crippen molar-refractivity contribution < 1.29 is 9.53 Å². The molecule has 1 fully saturated rings. The second-order valence-corrected chi connectivity index (χ2v) is 10.3. The van der Waals surface area contributed by atoms with Crippen LogP contribution in [0.15, 0.2) is 53.6 Å². The van der Waals surface area contributed by atoms with Crippen molar-refractivity contribution in [3.63, 3.8) is 0 Å². The molecular formula is C29H31ClN6O3. The molecule has 5 rings (SSSR count). The van der Waals surface area contributed by atoms with Crippen LogP contribution in [0.2, 0.25) is 5.15 Å². The van der Waals surface area contributed by atoms with Crippen LogP contribution >= 0.6 is 11.6 Å². The fraction of sp³-hybridized carbons (Fsp3) is 0.345. The van der Waals surface area contributed by atoms with E-state index >= 15 is 0 Å². The summed E-state index contributed by atoms with van der Waals surface area (Å²) in [6.45, 7) is 5.65. The predicted octanol–water partition coefficient (Wildman–Crippen LogP) is 5.03. The van der Waals surface area contributed by atoms with Crippen molar-refractivity contribution in [3.8, 4) is 0 Å². The lowest BCUT2D eigenvalue weighted by Crippen LogP contribution is -2.35. The second kappa shape index (κ2) is 11.0. The van der Waals surface area contributed by atoms with Gasteiger partial charge in [0, 0.05) is 37.8 Å². The minimum absolute atomic E-state index is 0.0646. The number of hydrogen-bond acceptors (Lipinski definition) is 8. The van der Waals surface area contributed by atoms with E-state index in [2.05, 4.69) is 26.3 Å². The Hall–Kier alpha value is -3.98. The van der Waals surface area contributed by atoms with Gasteiger partial charge in [-0.2, -0.15) is 0 Å². The summed E-state index contributed by atoms with van der Waals surface area (Å²) in [7, 11) is 3.11. The van der Waals surface area contributed by atoms with Gasteiger partial charge in [-0.05, 0) is 62.6 Å². The van der Waals surface area contributed by atoms with Gasteiger partial charge in [-0.15, -0.1) is 0 Å². The summed E-state index contributed by atoms with van der Waals surface area (Å²) < 4.78 is 6.59. The number of fused-ring (bicyclic) bond motifs is 1. The van der Waals surface area contributed by atoms with Crippen LogP contribution in [-0.4, -0.2) is 45.7 Å². The first-order valence-electron chi connectivity index (χ1n) is 12.9. The molecule has 0 unspecified atom stereocenters. The molecule has 9 nitrogen and oxygen atoms in total. The largest absolute Gasteiger partial charge is 0.464 e. The summed E-state index contributed by atoms with van der Waals surface area (Å²) in [6, 6.07) is 11.0. The first-order valence-corrected chi connectivity index (χ1v) is 13.3. The molecule has 1 N–H and O–H groups in total. The number of halogens is 1. The van der Waals surface area contributed by atoms with Gasteiger partial charge >= 0.3 is 5.97 Å².